The van der Waals surface area contributed by atoms with Crippen molar-refractivity contribution >= 4 is 0 Å². The normalized spacial score (nSPS) is 12.2. The van der Waals surface area contributed by atoms with Crippen LogP contribution in [0.5, 0.6) is 5.75 Å². The van der Waals surface area contributed by atoms with E-state index in [0.29, 0.717) is 11.3 Å². The molecule has 0 N–H and O–H groups in total. The van der Waals surface area contributed by atoms with E-state index >= 15 is 0 Å². The largest absolute Gasteiger partial charge is 0.486 e. The fraction of sp³-hybridized carbons (Fsp3) is 0.200. The predicted octanol–water partition coefficient (Wildman–Crippen LogP) is 4.27. The molecule has 0 fully saturated rings. The van der Waals surface area contributed by atoms with Gasteiger partial charge >= 0.3 is 0 Å². The minimum atomic E-state index is -0.234. The second-order valence-corrected chi connectivity index (χ2v) is 4.08. The number of ether oxygens (including phenoxy) is 1. The van der Waals surface area contributed by atoms with Crippen LogP contribution in [-0.4, -0.2) is 0 Å². The maximum absolute atomic E-state index is 13.4. The maximum Gasteiger partial charge on any atom is 0.129 e. The first-order chi connectivity index (χ1) is 8.16. The fourth-order valence-electron chi connectivity index (χ4n) is 1.64. The van der Waals surface area contributed by atoms with Gasteiger partial charge in [-0.25, -0.2) is 4.39 Å². The molecular weight excluding hydrogens is 215 g/mol. The lowest BCUT2D eigenvalue weighted by Gasteiger charge is -2.15. The summed E-state index contributed by atoms with van der Waals surface area (Å²) < 4.78 is 19.0. The van der Waals surface area contributed by atoms with Crippen LogP contribution in [0.1, 0.15) is 24.2 Å². The van der Waals surface area contributed by atoms with Crippen LogP contribution in [0.15, 0.2) is 48.5 Å². The van der Waals surface area contributed by atoms with E-state index in [1.807, 2.05) is 37.3 Å². The molecule has 0 saturated heterocycles. The SMILES string of the molecule is Cc1ccc(OC(C)c2ccccc2)cc1F. The smallest absolute Gasteiger partial charge is 0.129 e. The molecule has 0 radical (unpaired) electrons. The molecule has 0 aromatic heterocycles. The lowest BCUT2D eigenvalue weighted by atomic mass is 10.1. The predicted molar refractivity (Wildman–Crippen MR) is 66.6 cm³/mol. The first kappa shape index (κ1) is 11.6. The van der Waals surface area contributed by atoms with Crippen molar-refractivity contribution in [1.29, 1.82) is 0 Å². The summed E-state index contributed by atoms with van der Waals surface area (Å²) in [5.41, 5.74) is 1.71. The van der Waals surface area contributed by atoms with E-state index in [1.54, 1.807) is 19.1 Å². The topological polar surface area (TPSA) is 9.23 Å². The molecule has 0 aliphatic carbocycles. The van der Waals surface area contributed by atoms with Gasteiger partial charge in [0.2, 0.25) is 0 Å². The highest BCUT2D eigenvalue weighted by molar-refractivity contribution is 5.29. The lowest BCUT2D eigenvalue weighted by Crippen LogP contribution is -2.03. The van der Waals surface area contributed by atoms with Crippen molar-refractivity contribution in [3.8, 4) is 5.75 Å². The molecule has 2 aromatic carbocycles. The zero-order valence-corrected chi connectivity index (χ0v) is 9.98. The Morgan fingerprint density at radius 2 is 1.76 bits per heavy atom. The summed E-state index contributed by atoms with van der Waals surface area (Å²) in [5, 5.41) is 0. The second-order valence-electron chi connectivity index (χ2n) is 4.08. The molecule has 0 aliphatic heterocycles. The van der Waals surface area contributed by atoms with E-state index in [2.05, 4.69) is 0 Å². The summed E-state index contributed by atoms with van der Waals surface area (Å²) >= 11 is 0. The van der Waals surface area contributed by atoms with Crippen molar-refractivity contribution in [3.05, 3.63) is 65.5 Å². The molecule has 0 saturated carbocycles. The van der Waals surface area contributed by atoms with Gasteiger partial charge in [0.25, 0.3) is 0 Å². The third-order valence-electron chi connectivity index (χ3n) is 2.73. The number of hydrogen-bond donors (Lipinski definition) is 0. The quantitative estimate of drug-likeness (QED) is 0.765. The number of benzene rings is 2. The van der Waals surface area contributed by atoms with E-state index in [4.69, 9.17) is 4.74 Å². The van der Waals surface area contributed by atoms with Gasteiger partial charge in [-0.05, 0) is 31.0 Å². The summed E-state index contributed by atoms with van der Waals surface area (Å²) in [6.45, 7) is 3.69. The summed E-state index contributed by atoms with van der Waals surface area (Å²) in [7, 11) is 0. The Morgan fingerprint density at radius 3 is 2.41 bits per heavy atom. The minimum absolute atomic E-state index is 0.0849. The van der Waals surface area contributed by atoms with Crippen LogP contribution in [0.2, 0.25) is 0 Å². The fourth-order valence-corrected chi connectivity index (χ4v) is 1.64. The van der Waals surface area contributed by atoms with Crippen molar-refractivity contribution in [2.24, 2.45) is 0 Å². The first-order valence-corrected chi connectivity index (χ1v) is 5.64. The molecule has 0 heterocycles. The Hall–Kier alpha value is -1.83. The van der Waals surface area contributed by atoms with Crippen molar-refractivity contribution in [2.45, 2.75) is 20.0 Å². The molecule has 1 atom stereocenters. The van der Waals surface area contributed by atoms with Crippen LogP contribution in [-0.2, 0) is 0 Å². The van der Waals surface area contributed by atoms with E-state index in [9.17, 15) is 4.39 Å². The van der Waals surface area contributed by atoms with Gasteiger partial charge in [0, 0.05) is 6.07 Å². The molecule has 0 spiro atoms. The Kier molecular flexibility index (Phi) is 3.43. The molecule has 17 heavy (non-hydrogen) atoms. The average Bonchev–Trinajstić information content (AvgIpc) is 2.35. The van der Waals surface area contributed by atoms with Gasteiger partial charge in [0.1, 0.15) is 17.7 Å². The zero-order valence-electron chi connectivity index (χ0n) is 9.98. The molecule has 1 nitrogen and oxygen atoms in total. The summed E-state index contributed by atoms with van der Waals surface area (Å²) in [5.74, 6) is 0.326. The second kappa shape index (κ2) is 5.00. The molecule has 1 unspecified atom stereocenters. The molecule has 2 heteroatoms. The van der Waals surface area contributed by atoms with E-state index in [0.717, 1.165) is 5.56 Å². The van der Waals surface area contributed by atoms with Gasteiger partial charge in [0.05, 0.1) is 0 Å². The maximum atomic E-state index is 13.4. The Balaban J connectivity index is 2.13. The van der Waals surface area contributed by atoms with Gasteiger partial charge < -0.3 is 4.74 Å². The first-order valence-electron chi connectivity index (χ1n) is 5.64. The molecular formula is C15H15FO. The van der Waals surface area contributed by atoms with E-state index < -0.39 is 0 Å². The Labute approximate surface area is 101 Å². The highest BCUT2D eigenvalue weighted by Crippen LogP contribution is 2.23. The van der Waals surface area contributed by atoms with Gasteiger partial charge in [-0.3, -0.25) is 0 Å². The third kappa shape index (κ3) is 2.84. The third-order valence-corrected chi connectivity index (χ3v) is 2.73. The van der Waals surface area contributed by atoms with E-state index in [1.165, 1.54) is 6.07 Å². The van der Waals surface area contributed by atoms with Crippen LogP contribution in [0.3, 0.4) is 0 Å². The van der Waals surface area contributed by atoms with Crippen molar-refractivity contribution < 1.29 is 9.13 Å². The highest BCUT2D eigenvalue weighted by Gasteiger charge is 2.07. The number of aryl methyl sites for hydroxylation is 1. The number of rotatable bonds is 3. The standard InChI is InChI=1S/C15H15FO/c1-11-8-9-14(10-15(11)16)17-12(2)13-6-4-3-5-7-13/h3-10,12H,1-2H3. The van der Waals surface area contributed by atoms with E-state index in [-0.39, 0.29) is 11.9 Å². The molecule has 2 aromatic rings. The molecule has 88 valence electrons. The van der Waals surface area contributed by atoms with Gasteiger partial charge in [-0.1, -0.05) is 36.4 Å². The summed E-state index contributed by atoms with van der Waals surface area (Å²) in [6, 6.07) is 14.8. The van der Waals surface area contributed by atoms with Crippen LogP contribution >= 0.6 is 0 Å². The Morgan fingerprint density at radius 1 is 1.06 bits per heavy atom. The monoisotopic (exact) mass is 230 g/mol. The van der Waals surface area contributed by atoms with Crippen LogP contribution in [0.25, 0.3) is 0 Å². The highest BCUT2D eigenvalue weighted by atomic mass is 19.1. The molecule has 0 amide bonds. The van der Waals surface area contributed by atoms with Gasteiger partial charge in [-0.15, -0.1) is 0 Å². The van der Waals surface area contributed by atoms with Gasteiger partial charge in [0.15, 0.2) is 0 Å². The van der Waals surface area contributed by atoms with Crippen molar-refractivity contribution in [2.75, 3.05) is 0 Å². The minimum Gasteiger partial charge on any atom is -0.486 e. The van der Waals surface area contributed by atoms with Crippen LogP contribution in [0, 0.1) is 12.7 Å². The lowest BCUT2D eigenvalue weighted by molar-refractivity contribution is 0.226. The van der Waals surface area contributed by atoms with Crippen molar-refractivity contribution in [1.82, 2.24) is 0 Å². The molecule has 0 bridgehead atoms. The zero-order chi connectivity index (χ0) is 12.3. The number of hydrogen-bond acceptors (Lipinski definition) is 1. The summed E-state index contributed by atoms with van der Waals surface area (Å²) in [4.78, 5) is 0. The van der Waals surface area contributed by atoms with Crippen molar-refractivity contribution in [3.63, 3.8) is 0 Å². The molecule has 0 aliphatic rings. The molecule has 2 rings (SSSR count). The van der Waals surface area contributed by atoms with Gasteiger partial charge in [-0.2, -0.15) is 0 Å². The van der Waals surface area contributed by atoms with Crippen LogP contribution in [0.4, 0.5) is 4.39 Å². The average molecular weight is 230 g/mol. The Bertz CT molecular complexity index is 494. The summed E-state index contributed by atoms with van der Waals surface area (Å²) in [6.07, 6.45) is -0.0849. The van der Waals surface area contributed by atoms with Crippen LogP contribution < -0.4 is 4.74 Å². The number of halogens is 1.